The second kappa shape index (κ2) is 7.03. The Morgan fingerprint density at radius 2 is 1.75 bits per heavy atom. The zero-order valence-electron chi connectivity index (χ0n) is 15.6. The molecule has 4 rings (SSSR count). The number of Topliss-reactive ketones (excluding diaryl/α,β-unsaturated/α-hetero) is 1. The molecule has 0 aromatic heterocycles. The third kappa shape index (κ3) is 3.01. The van der Waals surface area contributed by atoms with E-state index < -0.39 is 4.92 Å². The van der Waals surface area contributed by atoms with E-state index in [1.165, 1.54) is 12.1 Å². The number of carbonyl (C=O) groups excluding carboxylic acids is 2. The van der Waals surface area contributed by atoms with Gasteiger partial charge in [0, 0.05) is 42.2 Å². The molecule has 0 spiro atoms. The summed E-state index contributed by atoms with van der Waals surface area (Å²) in [6, 6.07) is 13.9. The van der Waals surface area contributed by atoms with Crippen molar-refractivity contribution < 1.29 is 14.5 Å². The molecular formula is C22H20N2O4. The van der Waals surface area contributed by atoms with Gasteiger partial charge in [-0.05, 0) is 37.0 Å². The number of non-ortho nitro benzene ring substituents is 1. The number of carbonyl (C=O) groups is 2. The van der Waals surface area contributed by atoms with Crippen LogP contribution in [0.4, 0.5) is 11.4 Å². The molecule has 1 aliphatic heterocycles. The summed E-state index contributed by atoms with van der Waals surface area (Å²) in [5.74, 6) is -0.335. The number of nitro groups is 1. The number of nitrogens with zero attached hydrogens (tertiary/aromatic N) is 2. The van der Waals surface area contributed by atoms with Crippen molar-refractivity contribution in [2.24, 2.45) is 0 Å². The minimum absolute atomic E-state index is 0.00315. The van der Waals surface area contributed by atoms with Gasteiger partial charge in [-0.3, -0.25) is 24.6 Å². The van der Waals surface area contributed by atoms with Crippen LogP contribution in [0.1, 0.15) is 42.7 Å². The zero-order chi connectivity index (χ0) is 19.8. The van der Waals surface area contributed by atoms with Gasteiger partial charge in [-0.25, -0.2) is 0 Å². The first kappa shape index (κ1) is 18.1. The summed E-state index contributed by atoms with van der Waals surface area (Å²) in [5.41, 5.74) is 4.03. The normalized spacial score (nSPS) is 19.6. The number of rotatable bonds is 3. The lowest BCUT2D eigenvalue weighted by Crippen LogP contribution is -2.40. The molecule has 0 saturated heterocycles. The number of ketones is 1. The first-order chi connectivity index (χ1) is 13.5. The standard InChI is InChI=1S/C22H20N2O4/c1-14-5-2-3-6-18(14)23-19-7-4-8-20(25)22(19)17(13-21(23)26)15-9-11-16(12-10-15)24(27)28/h2-3,5-6,9-12,17H,4,7-8,13H2,1H3. The fraction of sp³-hybridized carbons (Fsp3) is 0.273. The summed E-state index contributed by atoms with van der Waals surface area (Å²) in [4.78, 5) is 38.2. The lowest BCUT2D eigenvalue weighted by Gasteiger charge is -2.38. The highest BCUT2D eigenvalue weighted by Gasteiger charge is 2.40. The Kier molecular flexibility index (Phi) is 4.55. The third-order valence-electron chi connectivity index (χ3n) is 5.54. The van der Waals surface area contributed by atoms with Crippen LogP contribution in [0.2, 0.25) is 0 Å². The summed E-state index contributed by atoms with van der Waals surface area (Å²) in [7, 11) is 0. The minimum atomic E-state index is -0.452. The zero-order valence-corrected chi connectivity index (χ0v) is 15.6. The van der Waals surface area contributed by atoms with E-state index in [-0.39, 0.29) is 29.7 Å². The van der Waals surface area contributed by atoms with E-state index in [4.69, 9.17) is 0 Å². The van der Waals surface area contributed by atoms with Crippen molar-refractivity contribution >= 4 is 23.1 Å². The molecule has 6 nitrogen and oxygen atoms in total. The smallest absolute Gasteiger partial charge is 0.269 e. The third-order valence-corrected chi connectivity index (χ3v) is 5.54. The molecule has 1 aliphatic carbocycles. The predicted octanol–water partition coefficient (Wildman–Crippen LogP) is 4.43. The maximum atomic E-state index is 13.1. The number of hydrogen-bond donors (Lipinski definition) is 0. The van der Waals surface area contributed by atoms with Crippen LogP contribution < -0.4 is 4.90 Å². The van der Waals surface area contributed by atoms with Gasteiger partial charge in [0.15, 0.2) is 5.78 Å². The number of benzene rings is 2. The van der Waals surface area contributed by atoms with Gasteiger partial charge in [-0.1, -0.05) is 30.3 Å². The van der Waals surface area contributed by atoms with E-state index >= 15 is 0 Å². The van der Waals surface area contributed by atoms with Gasteiger partial charge in [0.1, 0.15) is 0 Å². The highest BCUT2D eigenvalue weighted by atomic mass is 16.6. The Morgan fingerprint density at radius 1 is 1.04 bits per heavy atom. The summed E-state index contributed by atoms with van der Waals surface area (Å²) < 4.78 is 0. The van der Waals surface area contributed by atoms with Gasteiger partial charge in [0.05, 0.1) is 10.6 Å². The summed E-state index contributed by atoms with van der Waals surface area (Å²) >= 11 is 0. The number of aryl methyl sites for hydroxylation is 1. The molecule has 1 atom stereocenters. The molecule has 142 valence electrons. The number of anilines is 1. The molecular weight excluding hydrogens is 356 g/mol. The van der Waals surface area contributed by atoms with Gasteiger partial charge in [0.2, 0.25) is 5.91 Å². The van der Waals surface area contributed by atoms with Gasteiger partial charge in [-0.2, -0.15) is 0 Å². The topological polar surface area (TPSA) is 80.5 Å². The quantitative estimate of drug-likeness (QED) is 0.586. The molecule has 1 amide bonds. The largest absolute Gasteiger partial charge is 0.294 e. The van der Waals surface area contributed by atoms with Gasteiger partial charge < -0.3 is 0 Å². The first-order valence-corrected chi connectivity index (χ1v) is 9.36. The van der Waals surface area contributed by atoms with Crippen LogP contribution in [0, 0.1) is 17.0 Å². The van der Waals surface area contributed by atoms with Crippen LogP contribution >= 0.6 is 0 Å². The second-order valence-corrected chi connectivity index (χ2v) is 7.26. The SMILES string of the molecule is Cc1ccccc1N1C(=O)CC(c2ccc([N+](=O)[O-])cc2)C2=C1CCCC2=O. The van der Waals surface area contributed by atoms with Crippen LogP contribution in [0.3, 0.4) is 0 Å². The molecule has 28 heavy (non-hydrogen) atoms. The van der Waals surface area contributed by atoms with Crippen molar-refractivity contribution in [3.05, 3.63) is 81.0 Å². The number of hydrogen-bond acceptors (Lipinski definition) is 4. The molecule has 2 aromatic rings. The number of nitro benzene ring substituents is 1. The van der Waals surface area contributed by atoms with Gasteiger partial charge >= 0.3 is 0 Å². The van der Waals surface area contributed by atoms with Gasteiger partial charge in [-0.15, -0.1) is 0 Å². The first-order valence-electron chi connectivity index (χ1n) is 9.36. The fourth-order valence-electron chi connectivity index (χ4n) is 4.20. The molecule has 0 bridgehead atoms. The summed E-state index contributed by atoms with van der Waals surface area (Å²) in [6.07, 6.45) is 2.04. The molecule has 0 N–H and O–H groups in total. The van der Waals surface area contributed by atoms with E-state index in [1.54, 1.807) is 17.0 Å². The maximum absolute atomic E-state index is 13.1. The van der Waals surface area contributed by atoms with Crippen molar-refractivity contribution in [3.8, 4) is 0 Å². The molecule has 6 heteroatoms. The number of para-hydroxylation sites is 1. The monoisotopic (exact) mass is 376 g/mol. The lowest BCUT2D eigenvalue weighted by atomic mass is 9.77. The fourth-order valence-corrected chi connectivity index (χ4v) is 4.20. The van der Waals surface area contributed by atoms with Crippen molar-refractivity contribution in [1.29, 1.82) is 0 Å². The van der Waals surface area contributed by atoms with E-state index in [0.29, 0.717) is 18.4 Å². The Bertz CT molecular complexity index is 1010. The Labute approximate surface area is 162 Å². The predicted molar refractivity (Wildman–Crippen MR) is 105 cm³/mol. The van der Waals surface area contributed by atoms with E-state index in [2.05, 4.69) is 0 Å². The van der Waals surface area contributed by atoms with Crippen molar-refractivity contribution in [2.45, 2.75) is 38.5 Å². The average Bonchev–Trinajstić information content (AvgIpc) is 2.68. The lowest BCUT2D eigenvalue weighted by molar-refractivity contribution is -0.384. The number of allylic oxidation sites excluding steroid dienone is 2. The maximum Gasteiger partial charge on any atom is 0.269 e. The van der Waals surface area contributed by atoms with Crippen molar-refractivity contribution in [2.75, 3.05) is 4.90 Å². The summed E-state index contributed by atoms with van der Waals surface area (Å²) in [5, 5.41) is 10.9. The highest BCUT2D eigenvalue weighted by molar-refractivity contribution is 6.07. The molecule has 0 saturated carbocycles. The Balaban J connectivity index is 1.83. The molecule has 0 radical (unpaired) electrons. The average molecular weight is 376 g/mol. The molecule has 1 heterocycles. The molecule has 2 aliphatic rings. The van der Waals surface area contributed by atoms with E-state index in [1.807, 2.05) is 31.2 Å². The van der Waals surface area contributed by atoms with Crippen molar-refractivity contribution in [1.82, 2.24) is 0 Å². The molecule has 0 fully saturated rings. The van der Waals surface area contributed by atoms with E-state index in [9.17, 15) is 19.7 Å². The van der Waals surface area contributed by atoms with Crippen LogP contribution in [0.15, 0.2) is 59.8 Å². The Hall–Kier alpha value is -3.28. The van der Waals surface area contributed by atoms with Crippen LogP contribution in [0.25, 0.3) is 0 Å². The van der Waals surface area contributed by atoms with Crippen molar-refractivity contribution in [3.63, 3.8) is 0 Å². The highest BCUT2D eigenvalue weighted by Crippen LogP contribution is 2.44. The molecule has 1 unspecified atom stereocenters. The minimum Gasteiger partial charge on any atom is -0.294 e. The van der Waals surface area contributed by atoms with Gasteiger partial charge in [0.25, 0.3) is 5.69 Å². The summed E-state index contributed by atoms with van der Waals surface area (Å²) in [6.45, 7) is 1.95. The molecule has 2 aromatic carbocycles. The Morgan fingerprint density at radius 3 is 2.43 bits per heavy atom. The number of amides is 1. The van der Waals surface area contributed by atoms with Crippen LogP contribution in [-0.2, 0) is 9.59 Å². The van der Waals surface area contributed by atoms with Crippen LogP contribution in [0.5, 0.6) is 0 Å². The van der Waals surface area contributed by atoms with E-state index in [0.717, 1.165) is 28.9 Å². The second-order valence-electron chi connectivity index (χ2n) is 7.26. The van der Waals surface area contributed by atoms with Crippen LogP contribution in [-0.4, -0.2) is 16.6 Å².